The summed E-state index contributed by atoms with van der Waals surface area (Å²) in [6.07, 6.45) is -0.00982. The first-order chi connectivity index (χ1) is 8.23. The number of carboxylic acids is 1. The van der Waals surface area contributed by atoms with Gasteiger partial charge in [0, 0.05) is 6.54 Å². The number of rotatable bonds is 8. The number of aliphatic carboxylic acids is 1. The third kappa shape index (κ3) is 7.01. The second kappa shape index (κ2) is 7.81. The Hall–Kier alpha value is -1.43. The highest BCUT2D eigenvalue weighted by molar-refractivity contribution is 5.88. The maximum atomic E-state index is 11.7. The molecule has 0 rings (SSSR count). The van der Waals surface area contributed by atoms with E-state index >= 15 is 0 Å². The standard InChI is InChI=1S/C12H22N2O4/c1-8(2)12(9(3)15)13-10(16)7-14(4)6-5-11(17)18/h8,12H,5-7H2,1-4H3,(H,13,16)(H,17,18). The van der Waals surface area contributed by atoms with Crippen molar-refractivity contribution in [2.24, 2.45) is 5.92 Å². The number of ketones is 1. The number of nitrogens with zero attached hydrogens (tertiary/aromatic N) is 1. The summed E-state index contributed by atoms with van der Waals surface area (Å²) >= 11 is 0. The molecule has 0 saturated heterocycles. The summed E-state index contributed by atoms with van der Waals surface area (Å²) in [5.41, 5.74) is 0. The molecule has 6 nitrogen and oxygen atoms in total. The van der Waals surface area contributed by atoms with Crippen molar-refractivity contribution in [2.75, 3.05) is 20.1 Å². The minimum atomic E-state index is -0.897. The normalized spacial score (nSPS) is 12.6. The van der Waals surface area contributed by atoms with Crippen LogP contribution in [0, 0.1) is 5.92 Å². The van der Waals surface area contributed by atoms with Crippen LogP contribution in [-0.4, -0.2) is 53.8 Å². The number of nitrogens with one attached hydrogen (secondary N) is 1. The van der Waals surface area contributed by atoms with Crippen molar-refractivity contribution in [1.29, 1.82) is 0 Å². The number of carbonyl (C=O) groups is 3. The highest BCUT2D eigenvalue weighted by atomic mass is 16.4. The summed E-state index contributed by atoms with van der Waals surface area (Å²) in [6, 6.07) is -0.481. The molecule has 1 atom stereocenters. The highest BCUT2D eigenvalue weighted by Crippen LogP contribution is 2.02. The van der Waals surface area contributed by atoms with Crippen LogP contribution in [0.1, 0.15) is 27.2 Å². The Kier molecular flexibility index (Phi) is 7.19. The molecule has 0 aliphatic rings. The van der Waals surface area contributed by atoms with Gasteiger partial charge in [-0.25, -0.2) is 0 Å². The van der Waals surface area contributed by atoms with Crippen LogP contribution in [-0.2, 0) is 14.4 Å². The van der Waals surface area contributed by atoms with Crippen molar-refractivity contribution in [1.82, 2.24) is 10.2 Å². The zero-order valence-corrected chi connectivity index (χ0v) is 11.4. The van der Waals surface area contributed by atoms with Crippen LogP contribution in [0.3, 0.4) is 0 Å². The molecule has 18 heavy (non-hydrogen) atoms. The zero-order valence-electron chi connectivity index (χ0n) is 11.4. The second-order valence-corrected chi connectivity index (χ2v) is 4.78. The van der Waals surface area contributed by atoms with Crippen molar-refractivity contribution in [2.45, 2.75) is 33.2 Å². The van der Waals surface area contributed by atoms with Crippen LogP contribution >= 0.6 is 0 Å². The average molecular weight is 258 g/mol. The Morgan fingerprint density at radius 3 is 2.22 bits per heavy atom. The Morgan fingerprint density at radius 2 is 1.83 bits per heavy atom. The molecule has 0 aliphatic carbocycles. The number of hydrogen-bond donors (Lipinski definition) is 2. The summed E-state index contributed by atoms with van der Waals surface area (Å²) < 4.78 is 0. The quantitative estimate of drug-likeness (QED) is 0.646. The van der Waals surface area contributed by atoms with Crippen molar-refractivity contribution in [3.63, 3.8) is 0 Å². The van der Waals surface area contributed by atoms with Crippen LogP contribution in [0.25, 0.3) is 0 Å². The number of amides is 1. The summed E-state index contributed by atoms with van der Waals surface area (Å²) in [4.78, 5) is 35.0. The zero-order chi connectivity index (χ0) is 14.3. The van der Waals surface area contributed by atoms with Gasteiger partial charge in [-0.2, -0.15) is 0 Å². The number of carboxylic acid groups (broad SMARTS) is 1. The van der Waals surface area contributed by atoms with Gasteiger partial charge in [0.05, 0.1) is 19.0 Å². The first-order valence-corrected chi connectivity index (χ1v) is 5.94. The van der Waals surface area contributed by atoms with E-state index in [-0.39, 0.29) is 30.6 Å². The predicted octanol–water partition coefficient (Wildman–Crippen LogP) is 0.123. The van der Waals surface area contributed by atoms with E-state index in [4.69, 9.17) is 5.11 Å². The number of likely N-dealkylation sites (N-methyl/N-ethyl adjacent to an activating group) is 1. The van der Waals surface area contributed by atoms with Crippen molar-refractivity contribution in [3.8, 4) is 0 Å². The Balaban J connectivity index is 4.16. The van der Waals surface area contributed by atoms with E-state index in [9.17, 15) is 14.4 Å². The van der Waals surface area contributed by atoms with E-state index in [1.54, 1.807) is 11.9 Å². The second-order valence-electron chi connectivity index (χ2n) is 4.78. The monoisotopic (exact) mass is 258 g/mol. The van der Waals surface area contributed by atoms with Crippen LogP contribution in [0.5, 0.6) is 0 Å². The average Bonchev–Trinajstić information content (AvgIpc) is 2.22. The lowest BCUT2D eigenvalue weighted by Crippen LogP contribution is -2.47. The molecular formula is C12H22N2O4. The van der Waals surface area contributed by atoms with Crippen LogP contribution < -0.4 is 5.32 Å². The van der Waals surface area contributed by atoms with Crippen molar-refractivity contribution in [3.05, 3.63) is 0 Å². The minimum Gasteiger partial charge on any atom is -0.481 e. The maximum absolute atomic E-state index is 11.7. The summed E-state index contributed by atoms with van der Waals surface area (Å²) in [5.74, 6) is -1.20. The van der Waals surface area contributed by atoms with Crippen LogP contribution in [0.4, 0.5) is 0 Å². The fourth-order valence-corrected chi connectivity index (χ4v) is 1.57. The van der Waals surface area contributed by atoms with E-state index in [0.29, 0.717) is 6.54 Å². The van der Waals surface area contributed by atoms with Gasteiger partial charge in [0.25, 0.3) is 0 Å². The third-order valence-electron chi connectivity index (χ3n) is 2.54. The molecule has 0 aromatic carbocycles. The van der Waals surface area contributed by atoms with E-state index in [2.05, 4.69) is 5.32 Å². The van der Waals surface area contributed by atoms with Gasteiger partial charge in [0.1, 0.15) is 0 Å². The summed E-state index contributed by atoms with van der Waals surface area (Å²) in [6.45, 7) is 5.55. The molecule has 1 unspecified atom stereocenters. The summed E-state index contributed by atoms with van der Waals surface area (Å²) in [7, 11) is 1.67. The fraction of sp³-hybridized carbons (Fsp3) is 0.750. The minimum absolute atomic E-state index is 0.00982. The number of carbonyl (C=O) groups excluding carboxylic acids is 2. The molecule has 0 aromatic rings. The SMILES string of the molecule is CC(=O)C(NC(=O)CN(C)CCC(=O)O)C(C)C. The molecule has 104 valence electrons. The van der Waals surface area contributed by atoms with Gasteiger partial charge in [-0.1, -0.05) is 13.8 Å². The van der Waals surface area contributed by atoms with Gasteiger partial charge >= 0.3 is 5.97 Å². The van der Waals surface area contributed by atoms with Gasteiger partial charge in [0.15, 0.2) is 5.78 Å². The molecule has 0 radical (unpaired) electrons. The van der Waals surface area contributed by atoms with Gasteiger partial charge in [-0.15, -0.1) is 0 Å². The first kappa shape index (κ1) is 16.6. The molecule has 6 heteroatoms. The molecule has 0 aromatic heterocycles. The molecule has 1 amide bonds. The third-order valence-corrected chi connectivity index (χ3v) is 2.54. The lowest BCUT2D eigenvalue weighted by Gasteiger charge is -2.21. The first-order valence-electron chi connectivity index (χ1n) is 5.94. The van der Waals surface area contributed by atoms with Gasteiger partial charge < -0.3 is 10.4 Å². The molecular weight excluding hydrogens is 236 g/mol. The molecule has 0 saturated carbocycles. The largest absolute Gasteiger partial charge is 0.481 e. The molecule has 0 bridgehead atoms. The van der Waals surface area contributed by atoms with Crippen molar-refractivity contribution < 1.29 is 19.5 Å². The van der Waals surface area contributed by atoms with E-state index in [1.807, 2.05) is 13.8 Å². The molecule has 0 heterocycles. The fourth-order valence-electron chi connectivity index (χ4n) is 1.57. The molecule has 0 spiro atoms. The van der Waals surface area contributed by atoms with Crippen LogP contribution in [0.2, 0.25) is 0 Å². The predicted molar refractivity (Wildman–Crippen MR) is 67.2 cm³/mol. The van der Waals surface area contributed by atoms with E-state index < -0.39 is 12.0 Å². The molecule has 0 fully saturated rings. The van der Waals surface area contributed by atoms with E-state index in [1.165, 1.54) is 6.92 Å². The lowest BCUT2D eigenvalue weighted by molar-refractivity contribution is -0.137. The van der Waals surface area contributed by atoms with Gasteiger partial charge in [-0.05, 0) is 19.9 Å². The topological polar surface area (TPSA) is 86.7 Å². The van der Waals surface area contributed by atoms with Crippen molar-refractivity contribution >= 4 is 17.7 Å². The van der Waals surface area contributed by atoms with Gasteiger partial charge in [0.2, 0.25) is 5.91 Å². The highest BCUT2D eigenvalue weighted by Gasteiger charge is 2.20. The Morgan fingerprint density at radius 1 is 1.28 bits per heavy atom. The summed E-state index contributed by atoms with van der Waals surface area (Å²) in [5, 5.41) is 11.2. The lowest BCUT2D eigenvalue weighted by atomic mass is 10.0. The maximum Gasteiger partial charge on any atom is 0.304 e. The molecule has 2 N–H and O–H groups in total. The number of Topliss-reactive ketones (excluding diaryl/α,β-unsaturated/α-hetero) is 1. The van der Waals surface area contributed by atoms with E-state index in [0.717, 1.165) is 0 Å². The van der Waals surface area contributed by atoms with Gasteiger partial charge in [-0.3, -0.25) is 19.3 Å². The van der Waals surface area contributed by atoms with Crippen LogP contribution in [0.15, 0.2) is 0 Å². The number of hydrogen-bond acceptors (Lipinski definition) is 4. The Labute approximate surface area is 107 Å². The smallest absolute Gasteiger partial charge is 0.304 e. The Bertz CT molecular complexity index is 315. The molecule has 0 aliphatic heterocycles.